The molecule has 0 aliphatic heterocycles. The molecule has 1 aromatic rings. The van der Waals surface area contributed by atoms with Crippen molar-refractivity contribution in [3.63, 3.8) is 0 Å². The summed E-state index contributed by atoms with van der Waals surface area (Å²) in [5.41, 5.74) is 5.41. The molecule has 2 N–H and O–H groups in total. The highest BCUT2D eigenvalue weighted by atomic mass is 15.3. The molecule has 0 amide bonds. The Hall–Kier alpha value is -0.900. The summed E-state index contributed by atoms with van der Waals surface area (Å²) >= 11 is 0. The molecule has 0 bridgehead atoms. The topological polar surface area (TPSA) is 56.7 Å². The molecule has 1 heterocycles. The van der Waals surface area contributed by atoms with Crippen LogP contribution in [-0.4, -0.2) is 21.3 Å². The first-order chi connectivity index (χ1) is 6.38. The fourth-order valence-electron chi connectivity index (χ4n) is 1.34. The summed E-state index contributed by atoms with van der Waals surface area (Å²) < 4.78 is 2.09. The van der Waals surface area contributed by atoms with E-state index in [4.69, 9.17) is 5.73 Å². The number of nitrogens with two attached hydrogens (primary N) is 1. The molecule has 4 heteroatoms. The van der Waals surface area contributed by atoms with Gasteiger partial charge in [-0.15, -0.1) is 10.2 Å². The lowest BCUT2D eigenvalue weighted by Crippen LogP contribution is -2.02. The summed E-state index contributed by atoms with van der Waals surface area (Å²) in [7, 11) is 0. The fourth-order valence-corrected chi connectivity index (χ4v) is 1.34. The summed E-state index contributed by atoms with van der Waals surface area (Å²) in [4.78, 5) is 0. The maximum Gasteiger partial charge on any atom is 0.132 e. The van der Waals surface area contributed by atoms with Crippen molar-refractivity contribution in [3.05, 3.63) is 12.2 Å². The molecule has 0 spiro atoms. The third kappa shape index (κ3) is 3.14. The monoisotopic (exact) mass is 182 g/mol. The second-order valence-corrected chi connectivity index (χ2v) is 3.13. The number of aromatic nitrogens is 3. The molecule has 1 aromatic heterocycles. The molecule has 0 saturated carbocycles. The van der Waals surface area contributed by atoms with E-state index in [1.165, 1.54) is 6.42 Å². The molecule has 0 atom stereocenters. The molecule has 0 saturated heterocycles. The van der Waals surface area contributed by atoms with Gasteiger partial charge in [-0.25, -0.2) is 0 Å². The van der Waals surface area contributed by atoms with Crippen molar-refractivity contribution >= 4 is 0 Å². The van der Waals surface area contributed by atoms with Crippen molar-refractivity contribution in [1.82, 2.24) is 14.8 Å². The minimum atomic E-state index is 0.792. The Kier molecular flexibility index (Phi) is 4.46. The van der Waals surface area contributed by atoms with Gasteiger partial charge in [0.1, 0.15) is 12.2 Å². The van der Waals surface area contributed by atoms with Crippen LogP contribution in [0.25, 0.3) is 0 Å². The van der Waals surface area contributed by atoms with Crippen LogP contribution in [0.15, 0.2) is 6.33 Å². The first-order valence-electron chi connectivity index (χ1n) is 4.95. The van der Waals surface area contributed by atoms with Crippen LogP contribution in [0.4, 0.5) is 0 Å². The quantitative estimate of drug-likeness (QED) is 0.667. The molecular weight excluding hydrogens is 164 g/mol. The predicted molar refractivity (Wildman–Crippen MR) is 52.3 cm³/mol. The molecule has 1 rings (SSSR count). The van der Waals surface area contributed by atoms with Gasteiger partial charge in [-0.05, 0) is 26.3 Å². The number of hydrogen-bond acceptors (Lipinski definition) is 3. The standard InChI is InChI=1S/C9H18N4/c1-2-13-8-11-12-9(13)6-4-3-5-7-10/h8H,2-7,10H2,1H3. The lowest BCUT2D eigenvalue weighted by molar-refractivity contribution is 0.629. The van der Waals surface area contributed by atoms with Gasteiger partial charge >= 0.3 is 0 Å². The van der Waals surface area contributed by atoms with E-state index in [2.05, 4.69) is 21.7 Å². The third-order valence-corrected chi connectivity index (χ3v) is 2.14. The summed E-state index contributed by atoms with van der Waals surface area (Å²) in [5, 5.41) is 7.95. The van der Waals surface area contributed by atoms with Gasteiger partial charge in [0.2, 0.25) is 0 Å². The highest BCUT2D eigenvalue weighted by molar-refractivity contribution is 4.85. The molecule has 4 nitrogen and oxygen atoms in total. The van der Waals surface area contributed by atoms with Crippen molar-refractivity contribution in [2.45, 2.75) is 39.2 Å². The lowest BCUT2D eigenvalue weighted by Gasteiger charge is -2.02. The summed E-state index contributed by atoms with van der Waals surface area (Å²) in [5.74, 6) is 1.10. The molecule has 0 unspecified atom stereocenters. The second-order valence-electron chi connectivity index (χ2n) is 3.13. The lowest BCUT2D eigenvalue weighted by atomic mass is 10.2. The highest BCUT2D eigenvalue weighted by Gasteiger charge is 2.00. The van der Waals surface area contributed by atoms with E-state index in [9.17, 15) is 0 Å². The summed E-state index contributed by atoms with van der Waals surface area (Å²) in [6.45, 7) is 3.85. The normalized spacial score (nSPS) is 10.6. The first-order valence-corrected chi connectivity index (χ1v) is 4.95. The maximum absolute atomic E-state index is 5.41. The number of aryl methyl sites for hydroxylation is 2. The van der Waals surface area contributed by atoms with Crippen molar-refractivity contribution in [2.24, 2.45) is 5.73 Å². The Morgan fingerprint density at radius 1 is 1.38 bits per heavy atom. The van der Waals surface area contributed by atoms with E-state index in [-0.39, 0.29) is 0 Å². The van der Waals surface area contributed by atoms with Gasteiger partial charge in [0, 0.05) is 13.0 Å². The average molecular weight is 182 g/mol. The minimum absolute atomic E-state index is 0.792. The van der Waals surface area contributed by atoms with Gasteiger partial charge in [-0.2, -0.15) is 0 Å². The van der Waals surface area contributed by atoms with Gasteiger partial charge in [0.15, 0.2) is 0 Å². The summed E-state index contributed by atoms with van der Waals surface area (Å²) in [6, 6.07) is 0. The van der Waals surface area contributed by atoms with E-state index < -0.39 is 0 Å². The Bertz CT molecular complexity index is 231. The molecule has 0 fully saturated rings. The van der Waals surface area contributed by atoms with Crippen LogP contribution in [0.2, 0.25) is 0 Å². The fraction of sp³-hybridized carbons (Fsp3) is 0.778. The van der Waals surface area contributed by atoms with Crippen molar-refractivity contribution < 1.29 is 0 Å². The van der Waals surface area contributed by atoms with E-state index in [1.807, 2.05) is 0 Å². The summed E-state index contributed by atoms with van der Waals surface area (Å²) in [6.07, 6.45) is 6.27. The number of rotatable bonds is 6. The molecule has 0 radical (unpaired) electrons. The van der Waals surface area contributed by atoms with Gasteiger partial charge in [-0.3, -0.25) is 0 Å². The van der Waals surface area contributed by atoms with Crippen LogP contribution >= 0.6 is 0 Å². The largest absolute Gasteiger partial charge is 0.330 e. The highest BCUT2D eigenvalue weighted by Crippen LogP contribution is 2.03. The Balaban J connectivity index is 2.27. The first kappa shape index (κ1) is 10.2. The van der Waals surface area contributed by atoms with Gasteiger partial charge in [0.25, 0.3) is 0 Å². The number of hydrogen-bond donors (Lipinski definition) is 1. The molecule has 74 valence electrons. The van der Waals surface area contributed by atoms with Gasteiger partial charge in [-0.1, -0.05) is 6.42 Å². The molecular formula is C9H18N4. The zero-order valence-electron chi connectivity index (χ0n) is 8.24. The predicted octanol–water partition coefficient (Wildman–Crippen LogP) is 0.970. The van der Waals surface area contributed by atoms with E-state index in [0.29, 0.717) is 0 Å². The van der Waals surface area contributed by atoms with Crippen LogP contribution in [0.1, 0.15) is 32.0 Å². The number of unbranched alkanes of at least 4 members (excludes halogenated alkanes) is 2. The molecule has 0 aliphatic carbocycles. The maximum atomic E-state index is 5.41. The van der Waals surface area contributed by atoms with E-state index >= 15 is 0 Å². The van der Waals surface area contributed by atoms with E-state index in [1.54, 1.807) is 6.33 Å². The Morgan fingerprint density at radius 3 is 2.92 bits per heavy atom. The van der Waals surface area contributed by atoms with Crippen LogP contribution in [0.5, 0.6) is 0 Å². The average Bonchev–Trinajstić information content (AvgIpc) is 2.60. The molecule has 0 aliphatic rings. The minimum Gasteiger partial charge on any atom is -0.330 e. The zero-order valence-corrected chi connectivity index (χ0v) is 8.24. The van der Waals surface area contributed by atoms with Crippen molar-refractivity contribution in [1.29, 1.82) is 0 Å². The van der Waals surface area contributed by atoms with Crippen LogP contribution in [0, 0.1) is 0 Å². The van der Waals surface area contributed by atoms with Crippen molar-refractivity contribution in [2.75, 3.05) is 6.54 Å². The Morgan fingerprint density at radius 2 is 2.23 bits per heavy atom. The SMILES string of the molecule is CCn1cnnc1CCCCCN. The van der Waals surface area contributed by atoms with Gasteiger partial charge in [0.05, 0.1) is 0 Å². The van der Waals surface area contributed by atoms with Gasteiger partial charge < -0.3 is 10.3 Å². The third-order valence-electron chi connectivity index (χ3n) is 2.14. The Labute approximate surface area is 79.2 Å². The number of nitrogens with zero attached hydrogens (tertiary/aromatic N) is 3. The molecule has 0 aromatic carbocycles. The second kappa shape index (κ2) is 5.70. The van der Waals surface area contributed by atoms with Crippen LogP contribution in [0.3, 0.4) is 0 Å². The van der Waals surface area contributed by atoms with E-state index in [0.717, 1.165) is 38.2 Å². The molecule has 13 heavy (non-hydrogen) atoms. The van der Waals surface area contributed by atoms with Crippen LogP contribution in [-0.2, 0) is 13.0 Å². The smallest absolute Gasteiger partial charge is 0.132 e. The van der Waals surface area contributed by atoms with Crippen molar-refractivity contribution in [3.8, 4) is 0 Å². The zero-order chi connectivity index (χ0) is 9.52. The van der Waals surface area contributed by atoms with Crippen LogP contribution < -0.4 is 5.73 Å².